The molecule has 3 aromatic heterocycles. The lowest BCUT2D eigenvalue weighted by molar-refractivity contribution is 0.0465. The maximum absolute atomic E-state index is 13.3. The fourth-order valence-corrected chi connectivity index (χ4v) is 7.78. The Morgan fingerprint density at radius 2 is 1.45 bits per heavy atom. The average molecular weight is 661 g/mol. The Balaban J connectivity index is 1.27. The molecule has 0 saturated carbocycles. The van der Waals surface area contributed by atoms with Crippen molar-refractivity contribution in [3.8, 4) is 5.75 Å². The highest BCUT2D eigenvalue weighted by molar-refractivity contribution is 6.07. The zero-order valence-corrected chi connectivity index (χ0v) is 30.1. The smallest absolute Gasteiger partial charge is 0.355 e. The van der Waals surface area contributed by atoms with E-state index in [9.17, 15) is 9.59 Å². The number of benzene rings is 1. The van der Waals surface area contributed by atoms with E-state index in [-0.39, 0.29) is 12.6 Å². The Morgan fingerprint density at radius 3 is 2.10 bits per heavy atom. The number of hydrogen-bond acceptors (Lipinski definition) is 5. The molecule has 49 heavy (non-hydrogen) atoms. The Kier molecular flexibility index (Phi) is 9.68. The number of aldehydes is 1. The number of carbonyl (C=O) groups is 2. The van der Waals surface area contributed by atoms with E-state index in [0.717, 1.165) is 94.9 Å². The highest BCUT2D eigenvalue weighted by atomic mass is 16.5. The third kappa shape index (κ3) is 6.13. The van der Waals surface area contributed by atoms with Crippen molar-refractivity contribution in [3.63, 3.8) is 0 Å². The predicted octanol–water partition coefficient (Wildman–Crippen LogP) is 8.57. The molecule has 0 radical (unpaired) electrons. The highest BCUT2D eigenvalue weighted by Crippen LogP contribution is 2.45. The minimum atomic E-state index is -0.342. The Bertz CT molecular complexity index is 2030. The zero-order valence-electron chi connectivity index (χ0n) is 30.1. The Hall–Kier alpha value is -4.85. The molecule has 4 aromatic rings. The average Bonchev–Trinajstić information content (AvgIpc) is 3.89. The first kappa shape index (κ1) is 34.0. The van der Waals surface area contributed by atoms with Crippen LogP contribution in [0.4, 0.5) is 0 Å². The van der Waals surface area contributed by atoms with Crippen LogP contribution in [-0.2, 0) is 43.4 Å². The molecule has 4 heterocycles. The maximum Gasteiger partial charge on any atom is 0.355 e. The van der Waals surface area contributed by atoms with E-state index in [1.807, 2.05) is 31.2 Å². The van der Waals surface area contributed by atoms with Gasteiger partial charge in [0.2, 0.25) is 0 Å². The monoisotopic (exact) mass is 660 g/mol. The van der Waals surface area contributed by atoms with E-state index in [2.05, 4.69) is 56.5 Å². The largest absolute Gasteiger partial charge is 0.497 e. The van der Waals surface area contributed by atoms with E-state index in [0.29, 0.717) is 24.2 Å². The van der Waals surface area contributed by atoms with Crippen molar-refractivity contribution >= 4 is 23.5 Å². The van der Waals surface area contributed by atoms with Gasteiger partial charge in [-0.25, -0.2) is 4.79 Å². The molecule has 1 aliphatic heterocycles. The first-order valence-corrected chi connectivity index (χ1v) is 17.5. The number of ether oxygens (including phenoxy) is 2. The van der Waals surface area contributed by atoms with Gasteiger partial charge >= 0.3 is 5.97 Å². The van der Waals surface area contributed by atoms with E-state index in [1.54, 1.807) is 7.11 Å². The van der Waals surface area contributed by atoms with Crippen molar-refractivity contribution in [2.24, 2.45) is 4.99 Å². The van der Waals surface area contributed by atoms with Gasteiger partial charge in [-0.05, 0) is 122 Å². The molecule has 6 rings (SSSR count). The summed E-state index contributed by atoms with van der Waals surface area (Å²) in [7, 11) is 1.63. The summed E-state index contributed by atoms with van der Waals surface area (Å²) >= 11 is 0. The summed E-state index contributed by atoms with van der Waals surface area (Å²) in [6.07, 6.45) is 6.71. The number of hydrogen-bond donors (Lipinski definition) is 3. The number of esters is 1. The van der Waals surface area contributed by atoms with Crippen LogP contribution in [0.25, 0.3) is 5.57 Å². The van der Waals surface area contributed by atoms with Crippen LogP contribution in [0.1, 0.15) is 123 Å². The molecule has 256 valence electrons. The Morgan fingerprint density at radius 1 is 0.796 bits per heavy atom. The first-order valence-electron chi connectivity index (χ1n) is 17.5. The second-order valence-corrected chi connectivity index (χ2v) is 13.2. The van der Waals surface area contributed by atoms with Gasteiger partial charge in [0.25, 0.3) is 0 Å². The molecule has 0 atom stereocenters. The number of nitrogens with one attached hydrogen (secondary N) is 3. The number of aliphatic imine (C=N–C) groups is 1. The topological polar surface area (TPSA) is 112 Å². The fourth-order valence-electron chi connectivity index (χ4n) is 7.78. The number of aromatic amines is 3. The van der Waals surface area contributed by atoms with Gasteiger partial charge in [-0.15, -0.1) is 0 Å². The number of H-pyrrole nitrogens is 3. The van der Waals surface area contributed by atoms with Gasteiger partial charge in [0.1, 0.15) is 18.1 Å². The number of methoxy groups -OCH3 is 1. The molecule has 0 saturated heterocycles. The number of allylic oxidation sites excluding steroid dienone is 3. The number of fused-ring (bicyclic) bond motifs is 1. The van der Waals surface area contributed by atoms with Crippen molar-refractivity contribution in [1.82, 2.24) is 15.0 Å². The summed E-state index contributed by atoms with van der Waals surface area (Å²) in [5.74, 6) is 0.424. The molecule has 2 aliphatic rings. The number of carbonyl (C=O) groups excluding carboxylic acids is 2. The molecule has 0 spiro atoms. The third-order valence-electron chi connectivity index (χ3n) is 10.7. The minimum Gasteiger partial charge on any atom is -0.497 e. The van der Waals surface area contributed by atoms with Gasteiger partial charge in [0, 0.05) is 41.2 Å². The van der Waals surface area contributed by atoms with Gasteiger partial charge in [0.15, 0.2) is 6.29 Å². The SMILES string of the molecule is CCc1c(CC2=NC3=C(c4[nH]c(Cc5[nH]c(C(=O)OCc6ccc(OC)cc6)c(CC)c5C)c(C)c4CC)CCC3=C2C)[nH]c(C=O)c1C. The van der Waals surface area contributed by atoms with Gasteiger partial charge in [-0.3, -0.25) is 9.79 Å². The zero-order chi connectivity index (χ0) is 35.0. The molecule has 0 bridgehead atoms. The lowest BCUT2D eigenvalue weighted by Crippen LogP contribution is -2.08. The van der Waals surface area contributed by atoms with Crippen LogP contribution < -0.4 is 4.74 Å². The first-order chi connectivity index (χ1) is 23.6. The summed E-state index contributed by atoms with van der Waals surface area (Å²) < 4.78 is 11.0. The fraction of sp³-hybridized carbons (Fsp3) is 0.390. The van der Waals surface area contributed by atoms with E-state index >= 15 is 0 Å². The molecule has 1 aromatic carbocycles. The second kappa shape index (κ2) is 13.9. The van der Waals surface area contributed by atoms with Crippen LogP contribution in [0.3, 0.4) is 0 Å². The molecule has 0 unspecified atom stereocenters. The number of aromatic nitrogens is 3. The van der Waals surface area contributed by atoms with Crippen molar-refractivity contribution < 1.29 is 19.1 Å². The molecular formula is C41H48N4O4. The number of nitrogens with zero attached hydrogens (tertiary/aromatic N) is 1. The molecular weight excluding hydrogens is 612 g/mol. The molecule has 8 heteroatoms. The van der Waals surface area contributed by atoms with Crippen LogP contribution in [0, 0.1) is 20.8 Å². The molecule has 3 N–H and O–H groups in total. The maximum atomic E-state index is 13.3. The van der Waals surface area contributed by atoms with Crippen molar-refractivity contribution in [3.05, 3.63) is 114 Å². The van der Waals surface area contributed by atoms with Gasteiger partial charge in [-0.1, -0.05) is 32.9 Å². The predicted molar refractivity (Wildman–Crippen MR) is 195 cm³/mol. The standard InChI is InChI=1S/C41H48N4O4/c1-9-28-22(4)37(20-46)42-36(28)19-35-25(7)31-16-17-32(39(31)44-35)38-29(10-2)23(5)33(43-38)18-34-24(6)30(11-3)40(45-34)41(47)49-21-26-12-14-27(48-8)15-13-26/h12-15,20,42-43,45H,9-11,16-19,21H2,1-8H3. The normalized spacial score (nSPS) is 14.2. The molecule has 0 amide bonds. The highest BCUT2D eigenvalue weighted by Gasteiger charge is 2.32. The molecule has 0 fully saturated rings. The van der Waals surface area contributed by atoms with Crippen LogP contribution >= 0.6 is 0 Å². The minimum absolute atomic E-state index is 0.195. The van der Waals surface area contributed by atoms with E-state index < -0.39 is 0 Å². The van der Waals surface area contributed by atoms with E-state index in [1.165, 1.54) is 39.1 Å². The summed E-state index contributed by atoms with van der Waals surface area (Å²) in [6, 6.07) is 7.54. The quantitative estimate of drug-likeness (QED) is 0.0985. The second-order valence-electron chi connectivity index (χ2n) is 13.2. The molecule has 8 nitrogen and oxygen atoms in total. The van der Waals surface area contributed by atoms with Crippen molar-refractivity contribution in [1.29, 1.82) is 0 Å². The van der Waals surface area contributed by atoms with Crippen LogP contribution in [0.15, 0.2) is 46.1 Å². The summed E-state index contributed by atoms with van der Waals surface area (Å²) in [4.78, 5) is 40.9. The van der Waals surface area contributed by atoms with Crippen LogP contribution in [0.2, 0.25) is 0 Å². The lowest BCUT2D eigenvalue weighted by atomic mass is 9.99. The lowest BCUT2D eigenvalue weighted by Gasteiger charge is -2.07. The summed E-state index contributed by atoms with van der Waals surface area (Å²) in [5, 5.41) is 0. The van der Waals surface area contributed by atoms with Crippen LogP contribution in [0.5, 0.6) is 5.75 Å². The summed E-state index contributed by atoms with van der Waals surface area (Å²) in [6.45, 7) is 15.1. The molecule has 1 aliphatic carbocycles. The third-order valence-corrected chi connectivity index (χ3v) is 10.7. The number of rotatable bonds is 13. The Labute approximate surface area is 289 Å². The van der Waals surface area contributed by atoms with Gasteiger partial charge in [-0.2, -0.15) is 0 Å². The van der Waals surface area contributed by atoms with Crippen molar-refractivity contribution in [2.75, 3.05) is 7.11 Å². The van der Waals surface area contributed by atoms with Gasteiger partial charge in [0.05, 0.1) is 24.2 Å². The summed E-state index contributed by atoms with van der Waals surface area (Å²) in [5.41, 5.74) is 19.6. The van der Waals surface area contributed by atoms with Crippen LogP contribution in [-0.4, -0.2) is 40.0 Å². The van der Waals surface area contributed by atoms with Gasteiger partial charge < -0.3 is 24.4 Å². The van der Waals surface area contributed by atoms with E-state index in [4.69, 9.17) is 14.5 Å². The van der Waals surface area contributed by atoms with Crippen molar-refractivity contribution in [2.45, 2.75) is 100 Å².